The Balaban J connectivity index is 1.66. The number of amides is 1. The number of sulfonamides is 1. The van der Waals surface area contributed by atoms with Crippen molar-refractivity contribution >= 4 is 15.9 Å². The second kappa shape index (κ2) is 8.51. The molecule has 0 saturated carbocycles. The fraction of sp³-hybridized carbons (Fsp3) is 0.476. The van der Waals surface area contributed by atoms with Crippen molar-refractivity contribution < 1.29 is 17.6 Å². The molecule has 1 saturated heterocycles. The van der Waals surface area contributed by atoms with Crippen LogP contribution in [0.5, 0.6) is 0 Å². The number of carbonyl (C=O) groups is 1. The molecule has 1 atom stereocenters. The molecule has 31 heavy (non-hydrogen) atoms. The van der Waals surface area contributed by atoms with Gasteiger partial charge in [-0.1, -0.05) is 12.1 Å². The molecule has 4 rings (SSSR count). The lowest BCUT2D eigenvalue weighted by Gasteiger charge is -2.35. The molecule has 1 amide bonds. The predicted octanol–water partition coefficient (Wildman–Crippen LogP) is 1.98. The molecule has 1 unspecified atom stereocenters. The first kappa shape index (κ1) is 21.6. The fourth-order valence-electron chi connectivity index (χ4n) is 4.25. The summed E-state index contributed by atoms with van der Waals surface area (Å²) in [6, 6.07) is 5.39. The van der Waals surface area contributed by atoms with Crippen molar-refractivity contribution in [2.75, 3.05) is 18.8 Å². The molecule has 1 fully saturated rings. The molecule has 3 heterocycles. The third-order valence-electron chi connectivity index (χ3n) is 5.99. The van der Waals surface area contributed by atoms with Crippen LogP contribution in [-0.4, -0.2) is 52.3 Å². The van der Waals surface area contributed by atoms with Crippen molar-refractivity contribution in [3.63, 3.8) is 0 Å². The first-order valence-corrected chi connectivity index (χ1v) is 12.1. The normalized spacial score (nSPS) is 19.8. The molecule has 8 nitrogen and oxygen atoms in total. The highest BCUT2D eigenvalue weighted by molar-refractivity contribution is 7.89. The Morgan fingerprint density at radius 2 is 2.03 bits per heavy atom. The molecule has 1 N–H and O–H groups in total. The molecule has 10 heteroatoms. The summed E-state index contributed by atoms with van der Waals surface area (Å²) < 4.78 is 39.9. The van der Waals surface area contributed by atoms with Gasteiger partial charge in [0.1, 0.15) is 11.6 Å². The van der Waals surface area contributed by atoms with Crippen molar-refractivity contribution in [2.24, 2.45) is 0 Å². The summed E-state index contributed by atoms with van der Waals surface area (Å²) >= 11 is 0. The van der Waals surface area contributed by atoms with Crippen LogP contribution in [-0.2, 0) is 23.0 Å². The lowest BCUT2D eigenvalue weighted by molar-refractivity contribution is 0.0594. The third kappa shape index (κ3) is 4.14. The Morgan fingerprint density at radius 1 is 1.26 bits per heavy atom. The number of fused-ring (bicyclic) bond motifs is 1. The number of halogens is 1. The van der Waals surface area contributed by atoms with E-state index in [0.29, 0.717) is 36.5 Å². The summed E-state index contributed by atoms with van der Waals surface area (Å²) in [6.07, 6.45) is 2.59. The van der Waals surface area contributed by atoms with E-state index in [4.69, 9.17) is 0 Å². The minimum absolute atomic E-state index is 0.00332. The molecule has 0 spiro atoms. The van der Waals surface area contributed by atoms with E-state index in [1.54, 1.807) is 17.9 Å². The molecule has 2 aromatic rings. The molecule has 0 aliphatic carbocycles. The van der Waals surface area contributed by atoms with Gasteiger partial charge in [0.15, 0.2) is 0 Å². The van der Waals surface area contributed by atoms with Gasteiger partial charge in [-0.3, -0.25) is 9.59 Å². The summed E-state index contributed by atoms with van der Waals surface area (Å²) in [5.41, 5.74) is 0.509. The van der Waals surface area contributed by atoms with Gasteiger partial charge in [-0.2, -0.15) is 4.31 Å². The molecule has 0 radical (unpaired) electrons. The van der Waals surface area contributed by atoms with E-state index in [1.165, 1.54) is 22.5 Å². The van der Waals surface area contributed by atoms with E-state index in [0.717, 1.165) is 12.8 Å². The third-order valence-corrected chi connectivity index (χ3v) is 7.82. The van der Waals surface area contributed by atoms with Crippen LogP contribution < -0.4 is 5.56 Å². The Kier molecular flexibility index (Phi) is 5.94. The highest BCUT2D eigenvalue weighted by atomic mass is 32.2. The topological polar surface area (TPSA) is 103 Å². The van der Waals surface area contributed by atoms with E-state index in [2.05, 4.69) is 9.97 Å². The van der Waals surface area contributed by atoms with Crippen LogP contribution in [0, 0.1) is 5.82 Å². The largest absolute Gasteiger partial charge is 0.328 e. The van der Waals surface area contributed by atoms with E-state index in [1.807, 2.05) is 0 Å². The SMILES string of the molecule is CCS(=O)(=O)N1CCc2nc(C3CCCCN3C(=O)c3ccccc3F)[nH]c(=O)c2C1. The standard InChI is InChI=1S/C21H25FN4O4S/c1-2-31(29,30)25-12-10-17-15(13-25)20(27)24-19(23-17)18-9-5-6-11-26(18)21(28)14-7-3-4-8-16(14)22/h3-4,7-8,18H,2,5-6,9-13H2,1H3,(H,23,24,27). The highest BCUT2D eigenvalue weighted by Crippen LogP contribution is 2.31. The molecule has 1 aromatic heterocycles. The molecule has 0 bridgehead atoms. The van der Waals surface area contributed by atoms with Crippen molar-refractivity contribution in [3.05, 3.63) is 63.1 Å². The number of carbonyl (C=O) groups excluding carboxylic acids is 1. The number of nitrogens with zero attached hydrogens (tertiary/aromatic N) is 3. The number of rotatable bonds is 4. The molecular formula is C21H25FN4O4S. The number of hydrogen-bond acceptors (Lipinski definition) is 5. The number of nitrogens with one attached hydrogen (secondary N) is 1. The van der Waals surface area contributed by atoms with E-state index < -0.39 is 27.8 Å². The molecule has 1 aromatic carbocycles. The average Bonchev–Trinajstić information content (AvgIpc) is 2.78. The van der Waals surface area contributed by atoms with E-state index >= 15 is 0 Å². The number of H-pyrrole nitrogens is 1. The van der Waals surface area contributed by atoms with Gasteiger partial charge in [-0.25, -0.2) is 17.8 Å². The van der Waals surface area contributed by atoms with Gasteiger partial charge in [0.05, 0.1) is 28.6 Å². The lowest BCUT2D eigenvalue weighted by atomic mass is 9.99. The van der Waals surface area contributed by atoms with Crippen LogP contribution in [0.3, 0.4) is 0 Å². The quantitative estimate of drug-likeness (QED) is 0.770. The van der Waals surface area contributed by atoms with Crippen molar-refractivity contribution in [1.29, 1.82) is 0 Å². The van der Waals surface area contributed by atoms with Crippen LogP contribution in [0.25, 0.3) is 0 Å². The second-order valence-electron chi connectivity index (χ2n) is 7.85. The predicted molar refractivity (Wildman–Crippen MR) is 112 cm³/mol. The van der Waals surface area contributed by atoms with Gasteiger partial charge in [0, 0.05) is 26.1 Å². The summed E-state index contributed by atoms with van der Waals surface area (Å²) in [4.78, 5) is 34.8. The summed E-state index contributed by atoms with van der Waals surface area (Å²) in [5.74, 6) is -0.662. The first-order valence-electron chi connectivity index (χ1n) is 10.5. The maximum absolute atomic E-state index is 14.2. The average molecular weight is 449 g/mol. The zero-order chi connectivity index (χ0) is 22.2. The van der Waals surface area contributed by atoms with Crippen LogP contribution in [0.2, 0.25) is 0 Å². The summed E-state index contributed by atoms with van der Waals surface area (Å²) in [7, 11) is -3.40. The van der Waals surface area contributed by atoms with Crippen LogP contribution in [0.1, 0.15) is 59.7 Å². The Labute approximate surface area is 180 Å². The van der Waals surface area contributed by atoms with Gasteiger partial charge in [-0.05, 0) is 38.3 Å². The molecule has 2 aliphatic rings. The van der Waals surface area contributed by atoms with Crippen molar-refractivity contribution in [3.8, 4) is 0 Å². The summed E-state index contributed by atoms with van der Waals surface area (Å²) in [5, 5.41) is 0. The first-order chi connectivity index (χ1) is 14.8. The van der Waals surface area contributed by atoms with Gasteiger partial charge in [0.25, 0.3) is 11.5 Å². The zero-order valence-corrected chi connectivity index (χ0v) is 18.1. The number of benzene rings is 1. The zero-order valence-electron chi connectivity index (χ0n) is 17.3. The maximum Gasteiger partial charge on any atom is 0.257 e. The van der Waals surface area contributed by atoms with Crippen LogP contribution in [0.4, 0.5) is 4.39 Å². The number of aromatic amines is 1. The van der Waals surface area contributed by atoms with E-state index in [-0.39, 0.29) is 30.0 Å². The number of hydrogen-bond donors (Lipinski definition) is 1. The van der Waals surface area contributed by atoms with Gasteiger partial charge >= 0.3 is 0 Å². The molecule has 166 valence electrons. The Hall–Kier alpha value is -2.59. The minimum Gasteiger partial charge on any atom is -0.328 e. The summed E-state index contributed by atoms with van der Waals surface area (Å²) in [6.45, 7) is 2.28. The molecule has 2 aliphatic heterocycles. The fourth-order valence-corrected chi connectivity index (χ4v) is 5.31. The lowest BCUT2D eigenvalue weighted by Crippen LogP contribution is -2.43. The van der Waals surface area contributed by atoms with Crippen molar-refractivity contribution in [1.82, 2.24) is 19.2 Å². The van der Waals surface area contributed by atoms with E-state index in [9.17, 15) is 22.4 Å². The Morgan fingerprint density at radius 3 is 2.77 bits per heavy atom. The second-order valence-corrected chi connectivity index (χ2v) is 10.1. The number of likely N-dealkylation sites (tertiary alicyclic amines) is 1. The van der Waals surface area contributed by atoms with Gasteiger partial charge < -0.3 is 9.88 Å². The van der Waals surface area contributed by atoms with Gasteiger partial charge in [-0.15, -0.1) is 0 Å². The minimum atomic E-state index is -3.40. The Bertz CT molecular complexity index is 1160. The maximum atomic E-state index is 14.2. The van der Waals surface area contributed by atoms with Crippen LogP contribution in [0.15, 0.2) is 29.1 Å². The number of aromatic nitrogens is 2. The van der Waals surface area contributed by atoms with Crippen molar-refractivity contribution in [2.45, 2.75) is 45.2 Å². The molecular weight excluding hydrogens is 423 g/mol. The van der Waals surface area contributed by atoms with Gasteiger partial charge in [0.2, 0.25) is 10.0 Å². The highest BCUT2D eigenvalue weighted by Gasteiger charge is 2.34. The smallest absolute Gasteiger partial charge is 0.257 e. The number of piperidine rings is 1. The van der Waals surface area contributed by atoms with Crippen LogP contribution >= 0.6 is 0 Å². The monoisotopic (exact) mass is 448 g/mol.